The number of nitrogens with one attached hydrogen (secondary N) is 2. The molecule has 1 atom stereocenters. The predicted octanol–water partition coefficient (Wildman–Crippen LogP) is 4.16. The van der Waals surface area contributed by atoms with Crippen molar-refractivity contribution in [2.75, 3.05) is 31.1 Å². The molecular formula is C22H33N5S. The molecule has 0 spiro atoms. The van der Waals surface area contributed by atoms with E-state index in [9.17, 15) is 0 Å². The molecule has 1 unspecified atom stereocenters. The number of aliphatic imine (C=N–C) groups is 1. The summed E-state index contributed by atoms with van der Waals surface area (Å²) in [6, 6.07) is 9.10. The van der Waals surface area contributed by atoms with E-state index in [0.29, 0.717) is 0 Å². The summed E-state index contributed by atoms with van der Waals surface area (Å²) in [5.41, 5.74) is 3.77. The van der Waals surface area contributed by atoms with E-state index in [1.165, 1.54) is 42.2 Å². The van der Waals surface area contributed by atoms with Gasteiger partial charge in [-0.25, -0.2) is 4.98 Å². The highest BCUT2D eigenvalue weighted by atomic mass is 32.1. The van der Waals surface area contributed by atoms with Crippen molar-refractivity contribution in [1.82, 2.24) is 15.6 Å². The molecule has 1 fully saturated rings. The predicted molar refractivity (Wildman–Crippen MR) is 121 cm³/mol. The van der Waals surface area contributed by atoms with Gasteiger partial charge in [0.1, 0.15) is 0 Å². The minimum Gasteiger partial charge on any atom is -0.372 e. The van der Waals surface area contributed by atoms with Gasteiger partial charge in [-0.2, -0.15) is 0 Å². The number of aryl methyl sites for hydroxylation is 1. The first-order valence-electron chi connectivity index (χ1n) is 10.5. The molecule has 1 saturated heterocycles. The van der Waals surface area contributed by atoms with Crippen molar-refractivity contribution in [3.63, 3.8) is 0 Å². The van der Waals surface area contributed by atoms with Gasteiger partial charge >= 0.3 is 0 Å². The molecule has 6 heteroatoms. The van der Waals surface area contributed by atoms with Crippen LogP contribution in [0.15, 0.2) is 34.6 Å². The van der Waals surface area contributed by atoms with Crippen LogP contribution in [0.5, 0.6) is 0 Å². The number of benzene rings is 1. The number of anilines is 1. The average molecular weight is 400 g/mol. The molecule has 0 aliphatic carbocycles. The van der Waals surface area contributed by atoms with E-state index in [1.807, 2.05) is 0 Å². The third kappa shape index (κ3) is 5.71. The van der Waals surface area contributed by atoms with Gasteiger partial charge in [0.2, 0.25) is 0 Å². The normalized spacial score (nSPS) is 15.7. The van der Waals surface area contributed by atoms with Gasteiger partial charge in [-0.15, -0.1) is 11.3 Å². The lowest BCUT2D eigenvalue weighted by molar-refractivity contribution is 0.685. The Hall–Kier alpha value is -2.08. The van der Waals surface area contributed by atoms with E-state index in [1.54, 1.807) is 11.3 Å². The highest BCUT2D eigenvalue weighted by Crippen LogP contribution is 2.24. The topological polar surface area (TPSA) is 52.6 Å². The van der Waals surface area contributed by atoms with Gasteiger partial charge in [-0.05, 0) is 50.8 Å². The Balaban J connectivity index is 1.60. The maximum atomic E-state index is 4.76. The molecule has 1 aromatic heterocycles. The molecule has 0 bridgehead atoms. The van der Waals surface area contributed by atoms with Gasteiger partial charge in [0.05, 0.1) is 16.7 Å². The monoisotopic (exact) mass is 399 g/mol. The van der Waals surface area contributed by atoms with E-state index < -0.39 is 0 Å². The van der Waals surface area contributed by atoms with Crippen molar-refractivity contribution in [1.29, 1.82) is 0 Å². The lowest BCUT2D eigenvalue weighted by Gasteiger charge is -2.22. The Morgan fingerprint density at radius 1 is 1.29 bits per heavy atom. The fourth-order valence-electron chi connectivity index (χ4n) is 3.48. The highest BCUT2D eigenvalue weighted by molar-refractivity contribution is 7.09. The molecule has 1 aliphatic heterocycles. The number of nitrogens with zero attached hydrogens (tertiary/aromatic N) is 3. The Labute approximate surface area is 173 Å². The molecule has 2 heterocycles. The zero-order chi connectivity index (χ0) is 19.8. The van der Waals surface area contributed by atoms with Crippen LogP contribution in [-0.2, 0) is 12.8 Å². The lowest BCUT2D eigenvalue weighted by Crippen LogP contribution is -2.39. The minimum absolute atomic E-state index is 0.200. The van der Waals surface area contributed by atoms with E-state index in [-0.39, 0.29) is 6.04 Å². The van der Waals surface area contributed by atoms with Crippen LogP contribution in [0.3, 0.4) is 0 Å². The van der Waals surface area contributed by atoms with E-state index in [0.717, 1.165) is 37.6 Å². The van der Waals surface area contributed by atoms with Crippen molar-refractivity contribution in [3.8, 4) is 0 Å². The Morgan fingerprint density at radius 3 is 2.82 bits per heavy atom. The third-order valence-electron chi connectivity index (χ3n) is 5.08. The van der Waals surface area contributed by atoms with Crippen LogP contribution < -0.4 is 15.5 Å². The molecule has 0 radical (unpaired) electrons. The Bertz CT molecular complexity index is 764. The van der Waals surface area contributed by atoms with Gasteiger partial charge in [-0.1, -0.05) is 19.1 Å². The molecule has 152 valence electrons. The van der Waals surface area contributed by atoms with Crippen molar-refractivity contribution in [2.45, 2.75) is 52.5 Å². The molecule has 2 N–H and O–H groups in total. The summed E-state index contributed by atoms with van der Waals surface area (Å²) in [5.74, 6) is 0.868. The fourth-order valence-corrected chi connectivity index (χ4v) is 4.26. The molecular weight excluding hydrogens is 366 g/mol. The van der Waals surface area contributed by atoms with Gasteiger partial charge in [0, 0.05) is 43.7 Å². The first kappa shape index (κ1) is 20.6. The van der Waals surface area contributed by atoms with Gasteiger partial charge in [0.15, 0.2) is 5.96 Å². The number of hydrogen-bond acceptors (Lipinski definition) is 4. The van der Waals surface area contributed by atoms with Crippen LogP contribution in [0.25, 0.3) is 0 Å². The average Bonchev–Trinajstić information content (AvgIpc) is 3.40. The van der Waals surface area contributed by atoms with Crippen molar-refractivity contribution in [2.24, 2.45) is 4.99 Å². The van der Waals surface area contributed by atoms with Crippen LogP contribution in [-0.4, -0.2) is 37.1 Å². The van der Waals surface area contributed by atoms with Crippen LogP contribution in [0, 0.1) is 0 Å². The van der Waals surface area contributed by atoms with E-state index in [2.05, 4.69) is 70.9 Å². The maximum Gasteiger partial charge on any atom is 0.191 e. The summed E-state index contributed by atoms with van der Waals surface area (Å²) >= 11 is 1.74. The van der Waals surface area contributed by atoms with Crippen LogP contribution >= 0.6 is 11.3 Å². The maximum absolute atomic E-state index is 4.76. The van der Waals surface area contributed by atoms with Gasteiger partial charge < -0.3 is 15.5 Å². The van der Waals surface area contributed by atoms with Crippen LogP contribution in [0.4, 0.5) is 5.69 Å². The lowest BCUT2D eigenvalue weighted by atomic mass is 10.1. The molecule has 5 nitrogen and oxygen atoms in total. The van der Waals surface area contributed by atoms with Crippen molar-refractivity contribution in [3.05, 3.63) is 45.9 Å². The molecule has 1 aromatic carbocycles. The molecule has 0 amide bonds. The second-order valence-electron chi connectivity index (χ2n) is 7.25. The zero-order valence-corrected chi connectivity index (χ0v) is 18.2. The highest BCUT2D eigenvalue weighted by Gasteiger charge is 2.14. The first-order chi connectivity index (χ1) is 13.7. The quantitative estimate of drug-likeness (QED) is 0.517. The second kappa shape index (κ2) is 10.5. The van der Waals surface area contributed by atoms with E-state index >= 15 is 0 Å². The van der Waals surface area contributed by atoms with E-state index in [4.69, 9.17) is 4.99 Å². The smallest absolute Gasteiger partial charge is 0.191 e. The summed E-state index contributed by atoms with van der Waals surface area (Å²) < 4.78 is 0. The first-order valence-corrected chi connectivity index (χ1v) is 11.4. The number of thiazole rings is 1. The summed E-state index contributed by atoms with van der Waals surface area (Å²) in [6.45, 7) is 10.4. The van der Waals surface area contributed by atoms with Crippen LogP contribution in [0.1, 0.15) is 55.9 Å². The number of hydrogen-bond donors (Lipinski definition) is 2. The number of aromatic nitrogens is 1. The van der Waals surface area contributed by atoms with Gasteiger partial charge in [-0.3, -0.25) is 4.99 Å². The standard InChI is InChI=1S/C22H33N5S/c1-4-21-26-19(16-28-21)11-12-24-22(23-5-2)25-17(3)18-9-8-10-20(15-18)27-13-6-7-14-27/h8-10,15-17H,4-7,11-14H2,1-3H3,(H2,23,24,25). The minimum atomic E-state index is 0.200. The second-order valence-corrected chi connectivity index (χ2v) is 8.19. The molecule has 28 heavy (non-hydrogen) atoms. The summed E-state index contributed by atoms with van der Waals surface area (Å²) in [5, 5.41) is 10.3. The van der Waals surface area contributed by atoms with Crippen molar-refractivity contribution < 1.29 is 0 Å². The SMILES string of the molecule is CCNC(=NCCc1csc(CC)n1)NC(C)c1cccc(N2CCCC2)c1. The third-order valence-corrected chi connectivity index (χ3v) is 6.12. The fraction of sp³-hybridized carbons (Fsp3) is 0.545. The summed E-state index contributed by atoms with van der Waals surface area (Å²) in [4.78, 5) is 11.9. The number of guanidine groups is 1. The molecule has 0 saturated carbocycles. The largest absolute Gasteiger partial charge is 0.372 e. The molecule has 2 aromatic rings. The van der Waals surface area contributed by atoms with Gasteiger partial charge in [0.25, 0.3) is 0 Å². The summed E-state index contributed by atoms with van der Waals surface area (Å²) in [6.07, 6.45) is 4.49. The molecule has 1 aliphatic rings. The zero-order valence-electron chi connectivity index (χ0n) is 17.4. The number of rotatable bonds is 8. The Morgan fingerprint density at radius 2 is 2.11 bits per heavy atom. The Kier molecular flexibility index (Phi) is 7.71. The van der Waals surface area contributed by atoms with Crippen molar-refractivity contribution >= 4 is 23.0 Å². The summed E-state index contributed by atoms with van der Waals surface area (Å²) in [7, 11) is 0. The van der Waals surface area contributed by atoms with Crippen LogP contribution in [0.2, 0.25) is 0 Å². The molecule has 3 rings (SSSR count).